The number of benzene rings is 1. The first-order chi connectivity index (χ1) is 9.31. The van der Waals surface area contributed by atoms with Gasteiger partial charge in [0.2, 0.25) is 11.7 Å². The van der Waals surface area contributed by atoms with Crippen molar-refractivity contribution in [3.8, 4) is 11.5 Å². The zero-order valence-electron chi connectivity index (χ0n) is 10.2. The summed E-state index contributed by atoms with van der Waals surface area (Å²) in [7, 11) is 0. The molecule has 0 aliphatic rings. The monoisotopic (exact) mass is 252 g/mol. The maximum Gasteiger partial charge on any atom is 0.231 e. The fourth-order valence-corrected chi connectivity index (χ4v) is 1.74. The highest BCUT2D eigenvalue weighted by Gasteiger charge is 2.09. The van der Waals surface area contributed by atoms with Gasteiger partial charge in [-0.15, -0.1) is 0 Å². The predicted molar refractivity (Wildman–Crippen MR) is 71.2 cm³/mol. The van der Waals surface area contributed by atoms with Crippen molar-refractivity contribution >= 4 is 5.69 Å². The lowest BCUT2D eigenvalue weighted by Crippen LogP contribution is -1.90. The highest BCUT2D eigenvalue weighted by molar-refractivity contribution is 5.47. The molecule has 0 saturated heterocycles. The predicted octanol–water partition coefficient (Wildman–Crippen LogP) is 2.30. The van der Waals surface area contributed by atoms with Gasteiger partial charge in [0.1, 0.15) is 5.69 Å². The topological polar surface area (TPSA) is 77.8 Å². The Balaban J connectivity index is 1.80. The van der Waals surface area contributed by atoms with Gasteiger partial charge in [0.15, 0.2) is 0 Å². The molecule has 0 spiro atoms. The van der Waals surface area contributed by atoms with E-state index in [1.54, 1.807) is 6.20 Å². The Bertz CT molecular complexity index is 661. The molecular weight excluding hydrogens is 240 g/mol. The van der Waals surface area contributed by atoms with Gasteiger partial charge in [0.25, 0.3) is 0 Å². The Morgan fingerprint density at radius 1 is 1.05 bits per heavy atom. The molecule has 3 aromatic rings. The molecule has 2 heterocycles. The van der Waals surface area contributed by atoms with Crippen molar-refractivity contribution in [3.63, 3.8) is 0 Å². The summed E-state index contributed by atoms with van der Waals surface area (Å²) in [6.07, 6.45) is 2.28. The Labute approximate surface area is 110 Å². The van der Waals surface area contributed by atoms with Gasteiger partial charge in [-0.25, -0.2) is 0 Å². The van der Waals surface area contributed by atoms with Gasteiger partial charge in [-0.3, -0.25) is 4.98 Å². The maximum absolute atomic E-state index is 5.64. The number of nitrogen functional groups attached to an aromatic ring is 1. The standard InChI is InChI=1S/C14H12N4O/c15-11-6-4-10(5-7-11)9-13-17-14(18-19-13)12-3-1-2-8-16-12/h1-8H,9,15H2. The summed E-state index contributed by atoms with van der Waals surface area (Å²) < 4.78 is 5.22. The maximum atomic E-state index is 5.64. The van der Waals surface area contributed by atoms with Crippen molar-refractivity contribution in [3.05, 3.63) is 60.1 Å². The van der Waals surface area contributed by atoms with E-state index in [-0.39, 0.29) is 0 Å². The van der Waals surface area contributed by atoms with Crippen LogP contribution in [-0.4, -0.2) is 15.1 Å². The molecule has 5 heteroatoms. The van der Waals surface area contributed by atoms with Gasteiger partial charge in [-0.2, -0.15) is 4.98 Å². The van der Waals surface area contributed by atoms with Crippen LogP contribution in [-0.2, 0) is 6.42 Å². The van der Waals surface area contributed by atoms with Crippen LogP contribution in [0.2, 0.25) is 0 Å². The Morgan fingerprint density at radius 3 is 2.63 bits per heavy atom. The minimum absolute atomic E-state index is 0.506. The first kappa shape index (κ1) is 11.4. The summed E-state index contributed by atoms with van der Waals surface area (Å²) in [4.78, 5) is 8.51. The summed E-state index contributed by atoms with van der Waals surface area (Å²) in [6.45, 7) is 0. The van der Waals surface area contributed by atoms with Crippen LogP contribution in [0.15, 0.2) is 53.2 Å². The fourth-order valence-electron chi connectivity index (χ4n) is 1.74. The fraction of sp³-hybridized carbons (Fsp3) is 0.0714. The third-order valence-electron chi connectivity index (χ3n) is 2.70. The molecule has 0 fully saturated rings. The van der Waals surface area contributed by atoms with Gasteiger partial charge in [0, 0.05) is 11.9 Å². The Hall–Kier alpha value is -2.69. The van der Waals surface area contributed by atoms with Gasteiger partial charge >= 0.3 is 0 Å². The molecule has 0 bridgehead atoms. The van der Waals surface area contributed by atoms with E-state index >= 15 is 0 Å². The van der Waals surface area contributed by atoms with Gasteiger partial charge in [-0.1, -0.05) is 23.4 Å². The van der Waals surface area contributed by atoms with Gasteiger partial charge in [0.05, 0.1) is 6.42 Å². The number of nitrogens with zero attached hydrogens (tertiary/aromatic N) is 3. The lowest BCUT2D eigenvalue weighted by atomic mass is 10.1. The van der Waals surface area contributed by atoms with Crippen molar-refractivity contribution in [2.24, 2.45) is 0 Å². The minimum Gasteiger partial charge on any atom is -0.399 e. The normalized spacial score (nSPS) is 10.5. The zero-order chi connectivity index (χ0) is 13.1. The second-order valence-electron chi connectivity index (χ2n) is 4.15. The van der Waals surface area contributed by atoms with E-state index in [1.807, 2.05) is 42.5 Å². The number of hydrogen-bond acceptors (Lipinski definition) is 5. The van der Waals surface area contributed by atoms with Crippen molar-refractivity contribution in [1.29, 1.82) is 0 Å². The minimum atomic E-state index is 0.506. The van der Waals surface area contributed by atoms with Crippen LogP contribution >= 0.6 is 0 Å². The van der Waals surface area contributed by atoms with Crippen molar-refractivity contribution in [1.82, 2.24) is 15.1 Å². The summed E-state index contributed by atoms with van der Waals surface area (Å²) in [6, 6.07) is 13.2. The van der Waals surface area contributed by atoms with Crippen LogP contribution in [0, 0.1) is 0 Å². The number of pyridine rings is 1. The van der Waals surface area contributed by atoms with E-state index in [2.05, 4.69) is 15.1 Å². The van der Waals surface area contributed by atoms with E-state index in [0.717, 1.165) is 11.3 Å². The summed E-state index contributed by atoms with van der Waals surface area (Å²) in [5.41, 5.74) is 8.16. The van der Waals surface area contributed by atoms with E-state index < -0.39 is 0 Å². The molecule has 5 nitrogen and oxygen atoms in total. The Morgan fingerprint density at radius 2 is 1.89 bits per heavy atom. The second-order valence-corrected chi connectivity index (χ2v) is 4.15. The van der Waals surface area contributed by atoms with E-state index in [0.29, 0.717) is 23.8 Å². The van der Waals surface area contributed by atoms with Crippen LogP contribution in [0.4, 0.5) is 5.69 Å². The highest BCUT2D eigenvalue weighted by Crippen LogP contribution is 2.15. The summed E-state index contributed by atoms with van der Waals surface area (Å²) >= 11 is 0. The third-order valence-corrected chi connectivity index (χ3v) is 2.70. The number of anilines is 1. The molecule has 0 saturated carbocycles. The first-order valence-corrected chi connectivity index (χ1v) is 5.90. The number of rotatable bonds is 3. The van der Waals surface area contributed by atoms with Crippen LogP contribution in [0.1, 0.15) is 11.5 Å². The van der Waals surface area contributed by atoms with Crippen LogP contribution in [0.25, 0.3) is 11.5 Å². The highest BCUT2D eigenvalue weighted by atomic mass is 16.5. The largest absolute Gasteiger partial charge is 0.399 e. The van der Waals surface area contributed by atoms with Crippen LogP contribution < -0.4 is 5.73 Å². The molecule has 94 valence electrons. The third kappa shape index (κ3) is 2.60. The van der Waals surface area contributed by atoms with Crippen molar-refractivity contribution < 1.29 is 4.52 Å². The molecule has 2 aromatic heterocycles. The van der Waals surface area contributed by atoms with Crippen molar-refractivity contribution in [2.75, 3.05) is 5.73 Å². The second kappa shape index (κ2) is 4.89. The smallest absolute Gasteiger partial charge is 0.231 e. The van der Waals surface area contributed by atoms with Crippen LogP contribution in [0.3, 0.4) is 0 Å². The van der Waals surface area contributed by atoms with Gasteiger partial charge in [-0.05, 0) is 29.8 Å². The Kier molecular flexibility index (Phi) is 2.94. The van der Waals surface area contributed by atoms with E-state index in [4.69, 9.17) is 10.3 Å². The van der Waals surface area contributed by atoms with Crippen molar-refractivity contribution in [2.45, 2.75) is 6.42 Å². The molecule has 0 amide bonds. The quantitative estimate of drug-likeness (QED) is 0.724. The van der Waals surface area contributed by atoms with Crippen LogP contribution in [0.5, 0.6) is 0 Å². The molecule has 0 aliphatic heterocycles. The molecule has 0 unspecified atom stereocenters. The summed E-state index contributed by atoms with van der Waals surface area (Å²) in [5, 5.41) is 3.93. The number of nitrogens with two attached hydrogens (primary N) is 1. The lowest BCUT2D eigenvalue weighted by Gasteiger charge is -1.97. The SMILES string of the molecule is Nc1ccc(Cc2nc(-c3ccccn3)no2)cc1. The molecule has 1 aromatic carbocycles. The van der Waals surface area contributed by atoms with E-state index in [1.165, 1.54) is 0 Å². The average molecular weight is 252 g/mol. The first-order valence-electron chi connectivity index (χ1n) is 5.90. The molecule has 0 aliphatic carbocycles. The number of aromatic nitrogens is 3. The average Bonchev–Trinajstić information content (AvgIpc) is 2.91. The molecule has 0 atom stereocenters. The molecule has 2 N–H and O–H groups in total. The molecular formula is C14H12N4O. The number of hydrogen-bond donors (Lipinski definition) is 1. The molecule has 0 radical (unpaired) electrons. The molecule has 19 heavy (non-hydrogen) atoms. The lowest BCUT2D eigenvalue weighted by molar-refractivity contribution is 0.385. The van der Waals surface area contributed by atoms with Gasteiger partial charge < -0.3 is 10.3 Å². The molecule has 3 rings (SSSR count). The van der Waals surface area contributed by atoms with E-state index in [9.17, 15) is 0 Å². The zero-order valence-corrected chi connectivity index (χ0v) is 10.2. The summed E-state index contributed by atoms with van der Waals surface area (Å²) in [5.74, 6) is 1.07.